The molecule has 1 heterocycles. The molecule has 1 amide bonds. The van der Waals surface area contributed by atoms with Crippen molar-refractivity contribution in [2.24, 2.45) is 0 Å². The molecule has 1 aliphatic rings. The number of hydrogen-bond acceptors (Lipinski definition) is 5. The number of nitrogens with zero attached hydrogens (tertiary/aromatic N) is 2. The van der Waals surface area contributed by atoms with Gasteiger partial charge in [-0.3, -0.25) is 14.9 Å². The summed E-state index contributed by atoms with van der Waals surface area (Å²) in [4.78, 5) is 25.0. The van der Waals surface area contributed by atoms with Gasteiger partial charge in [0.15, 0.2) is 0 Å². The van der Waals surface area contributed by atoms with E-state index in [-0.39, 0.29) is 18.1 Å². The first-order valence-corrected chi connectivity index (χ1v) is 8.63. The van der Waals surface area contributed by atoms with E-state index in [2.05, 4.69) is 10.6 Å². The Kier molecular flexibility index (Phi) is 5.20. The summed E-state index contributed by atoms with van der Waals surface area (Å²) in [7, 11) is 1.65. The number of carbonyl (C=O) groups excluding carboxylic acids is 1. The molecule has 3 rings (SSSR count). The molecule has 0 atom stereocenters. The van der Waals surface area contributed by atoms with E-state index in [9.17, 15) is 14.9 Å². The molecule has 0 saturated carbocycles. The lowest BCUT2D eigenvalue weighted by Crippen LogP contribution is -2.31. The largest absolute Gasteiger partial charge is 0.384 e. The van der Waals surface area contributed by atoms with E-state index in [0.29, 0.717) is 34.4 Å². The molecule has 0 spiro atoms. The Labute approximate surface area is 160 Å². The summed E-state index contributed by atoms with van der Waals surface area (Å²) < 4.78 is 0. The topological polar surface area (TPSA) is 87.5 Å². The highest BCUT2D eigenvalue weighted by Gasteiger charge is 2.27. The van der Waals surface area contributed by atoms with Crippen molar-refractivity contribution in [2.75, 3.05) is 35.7 Å². The maximum Gasteiger partial charge on any atom is 0.292 e. The Hall–Kier alpha value is -2.51. The number of rotatable bonds is 5. The second-order valence-electron chi connectivity index (χ2n) is 5.89. The number of benzene rings is 2. The van der Waals surface area contributed by atoms with Crippen LogP contribution in [0.2, 0.25) is 10.0 Å². The Morgan fingerprint density at radius 1 is 1.31 bits per heavy atom. The number of hydrogen-bond donors (Lipinski definition) is 2. The van der Waals surface area contributed by atoms with Crippen LogP contribution in [0.3, 0.4) is 0 Å². The van der Waals surface area contributed by atoms with Gasteiger partial charge in [-0.25, -0.2) is 0 Å². The average molecular weight is 395 g/mol. The van der Waals surface area contributed by atoms with Gasteiger partial charge in [-0.2, -0.15) is 0 Å². The molecule has 26 heavy (non-hydrogen) atoms. The zero-order chi connectivity index (χ0) is 18.8. The minimum Gasteiger partial charge on any atom is -0.384 e. The molecular weight excluding hydrogens is 379 g/mol. The fourth-order valence-electron chi connectivity index (χ4n) is 3.03. The molecule has 0 bridgehead atoms. The Morgan fingerprint density at radius 3 is 2.65 bits per heavy atom. The standard InChI is InChI=1S/C17H16Cl2N4O3/c1-22(9-15(24)21-16-11(18)3-2-4-12(16)19)17-10-7-8-20-13(10)5-6-14(17)23(25)26/h2-6,20H,7-9H2,1H3,(H,21,24). The Bertz CT molecular complexity index is 868. The van der Waals surface area contributed by atoms with Crippen molar-refractivity contribution in [3.05, 3.63) is 56.1 Å². The first-order valence-electron chi connectivity index (χ1n) is 7.87. The van der Waals surface area contributed by atoms with Crippen LogP contribution in [0.4, 0.5) is 22.7 Å². The summed E-state index contributed by atoms with van der Waals surface area (Å²) in [5.74, 6) is -0.375. The maximum atomic E-state index is 12.4. The maximum absolute atomic E-state index is 12.4. The van der Waals surface area contributed by atoms with Crippen molar-refractivity contribution >= 4 is 51.9 Å². The second-order valence-corrected chi connectivity index (χ2v) is 6.71. The van der Waals surface area contributed by atoms with Crippen molar-refractivity contribution in [3.8, 4) is 0 Å². The predicted octanol–water partition coefficient (Wildman–Crippen LogP) is 3.94. The van der Waals surface area contributed by atoms with Gasteiger partial charge in [-0.1, -0.05) is 29.3 Å². The fraction of sp³-hybridized carbons (Fsp3) is 0.235. The van der Waals surface area contributed by atoms with Crippen LogP contribution in [-0.2, 0) is 11.2 Å². The SMILES string of the molecule is CN(CC(=O)Nc1c(Cl)cccc1Cl)c1c([N+](=O)[O-])ccc2c1CCN2. The smallest absolute Gasteiger partial charge is 0.292 e. The zero-order valence-corrected chi connectivity index (χ0v) is 15.4. The third-order valence-electron chi connectivity index (χ3n) is 4.14. The molecule has 0 aliphatic carbocycles. The van der Waals surface area contributed by atoms with Gasteiger partial charge >= 0.3 is 0 Å². The summed E-state index contributed by atoms with van der Waals surface area (Å²) in [5.41, 5.74) is 2.43. The first-order chi connectivity index (χ1) is 12.4. The molecule has 2 N–H and O–H groups in total. The summed E-state index contributed by atoms with van der Waals surface area (Å²) in [6.45, 7) is 0.623. The highest BCUT2D eigenvalue weighted by Crippen LogP contribution is 2.39. The van der Waals surface area contributed by atoms with E-state index >= 15 is 0 Å². The molecule has 136 valence electrons. The lowest BCUT2D eigenvalue weighted by molar-refractivity contribution is -0.384. The van der Waals surface area contributed by atoms with Gasteiger partial charge in [0, 0.05) is 30.9 Å². The molecule has 0 aromatic heterocycles. The van der Waals surface area contributed by atoms with Crippen LogP contribution in [0.1, 0.15) is 5.56 Å². The first kappa shape index (κ1) is 18.3. The number of fused-ring (bicyclic) bond motifs is 1. The number of anilines is 3. The number of likely N-dealkylation sites (N-methyl/N-ethyl adjacent to an activating group) is 1. The Balaban J connectivity index is 1.84. The minimum atomic E-state index is -0.437. The van der Waals surface area contributed by atoms with E-state index < -0.39 is 4.92 Å². The number of halogens is 2. The number of nitro benzene ring substituents is 1. The molecule has 0 fully saturated rings. The summed E-state index contributed by atoms with van der Waals surface area (Å²) in [5, 5.41) is 17.9. The van der Waals surface area contributed by atoms with Gasteiger partial charge in [0.05, 0.1) is 27.2 Å². The van der Waals surface area contributed by atoms with E-state index in [1.54, 1.807) is 36.2 Å². The van der Waals surface area contributed by atoms with E-state index in [4.69, 9.17) is 23.2 Å². The van der Waals surface area contributed by atoms with Crippen LogP contribution in [0, 0.1) is 10.1 Å². The molecule has 1 aliphatic heterocycles. The molecule has 0 unspecified atom stereocenters. The fourth-order valence-corrected chi connectivity index (χ4v) is 3.52. The highest BCUT2D eigenvalue weighted by atomic mass is 35.5. The zero-order valence-electron chi connectivity index (χ0n) is 13.9. The molecule has 0 radical (unpaired) electrons. The molecule has 7 nitrogen and oxygen atoms in total. The molecule has 2 aromatic carbocycles. The monoisotopic (exact) mass is 394 g/mol. The molecule has 9 heteroatoms. The normalized spacial score (nSPS) is 12.3. The van der Waals surface area contributed by atoms with Crippen LogP contribution < -0.4 is 15.5 Å². The van der Waals surface area contributed by atoms with Gasteiger partial charge in [-0.05, 0) is 24.6 Å². The summed E-state index contributed by atoms with van der Waals surface area (Å²) >= 11 is 12.1. The lowest BCUT2D eigenvalue weighted by atomic mass is 10.1. The van der Waals surface area contributed by atoms with Crippen molar-refractivity contribution in [3.63, 3.8) is 0 Å². The van der Waals surface area contributed by atoms with Crippen LogP contribution >= 0.6 is 23.2 Å². The second kappa shape index (κ2) is 7.39. The minimum absolute atomic E-state index is 0.0291. The van der Waals surface area contributed by atoms with Gasteiger partial charge in [0.2, 0.25) is 5.91 Å². The number of para-hydroxylation sites is 1. The number of amides is 1. The Morgan fingerprint density at radius 2 is 2.00 bits per heavy atom. The molecule has 2 aromatic rings. The van der Waals surface area contributed by atoms with E-state index in [0.717, 1.165) is 11.3 Å². The van der Waals surface area contributed by atoms with Gasteiger partial charge < -0.3 is 15.5 Å². The lowest BCUT2D eigenvalue weighted by Gasteiger charge is -2.21. The molecule has 0 saturated heterocycles. The predicted molar refractivity (Wildman–Crippen MR) is 104 cm³/mol. The van der Waals surface area contributed by atoms with Gasteiger partial charge in [-0.15, -0.1) is 0 Å². The van der Waals surface area contributed by atoms with E-state index in [1.165, 1.54) is 6.07 Å². The third-order valence-corrected chi connectivity index (χ3v) is 4.77. The average Bonchev–Trinajstić information content (AvgIpc) is 3.05. The van der Waals surface area contributed by atoms with Gasteiger partial charge in [0.1, 0.15) is 5.69 Å². The summed E-state index contributed by atoms with van der Waals surface area (Å²) in [6.07, 6.45) is 0.661. The molecular formula is C17H16Cl2N4O3. The third kappa shape index (κ3) is 3.54. The van der Waals surface area contributed by atoms with Crippen molar-refractivity contribution in [1.29, 1.82) is 0 Å². The number of carbonyl (C=O) groups is 1. The van der Waals surface area contributed by atoms with Crippen LogP contribution in [0.5, 0.6) is 0 Å². The summed E-state index contributed by atoms with van der Waals surface area (Å²) in [6, 6.07) is 8.06. The van der Waals surface area contributed by atoms with E-state index in [1.807, 2.05) is 0 Å². The van der Waals surface area contributed by atoms with Crippen LogP contribution in [0.15, 0.2) is 30.3 Å². The quantitative estimate of drug-likeness (QED) is 0.592. The van der Waals surface area contributed by atoms with Gasteiger partial charge in [0.25, 0.3) is 5.69 Å². The highest BCUT2D eigenvalue weighted by molar-refractivity contribution is 6.39. The van der Waals surface area contributed by atoms with Crippen LogP contribution in [0.25, 0.3) is 0 Å². The number of nitro groups is 1. The van der Waals surface area contributed by atoms with Crippen molar-refractivity contribution in [2.45, 2.75) is 6.42 Å². The van der Waals surface area contributed by atoms with Crippen molar-refractivity contribution < 1.29 is 9.72 Å². The van der Waals surface area contributed by atoms with Crippen molar-refractivity contribution in [1.82, 2.24) is 0 Å². The number of nitrogens with one attached hydrogen (secondary N) is 2. The van der Waals surface area contributed by atoms with Crippen LogP contribution in [-0.4, -0.2) is 31.0 Å².